The van der Waals surface area contributed by atoms with E-state index in [0.717, 1.165) is 17.1 Å². The summed E-state index contributed by atoms with van der Waals surface area (Å²) in [5.41, 5.74) is 0.927. The Morgan fingerprint density at radius 3 is 1.81 bits per heavy atom. The minimum Gasteiger partial charge on any atom is -0.493 e. The second kappa shape index (κ2) is 10.0. The third-order valence-electron chi connectivity index (χ3n) is 3.54. The van der Waals surface area contributed by atoms with Gasteiger partial charge in [0.25, 0.3) is 0 Å². The third-order valence-corrected chi connectivity index (χ3v) is 3.54. The zero-order valence-electron chi connectivity index (χ0n) is 15.4. The van der Waals surface area contributed by atoms with Gasteiger partial charge in [0, 0.05) is 0 Å². The molecule has 5 heteroatoms. The Morgan fingerprint density at radius 2 is 1.35 bits per heavy atom. The van der Waals surface area contributed by atoms with Crippen molar-refractivity contribution in [3.8, 4) is 28.7 Å². The highest BCUT2D eigenvalue weighted by Gasteiger charge is 2.11. The minimum absolute atomic E-state index is 0.434. The molecule has 0 aliphatic carbocycles. The van der Waals surface area contributed by atoms with Gasteiger partial charge in [-0.2, -0.15) is 0 Å². The summed E-state index contributed by atoms with van der Waals surface area (Å²) in [6, 6.07) is 11.2. The summed E-state index contributed by atoms with van der Waals surface area (Å²) in [4.78, 5) is 0. The first kappa shape index (κ1) is 19.2. The topological polar surface area (TPSA) is 46.2 Å². The summed E-state index contributed by atoms with van der Waals surface area (Å²) in [5.74, 6) is 3.35. The van der Waals surface area contributed by atoms with Crippen molar-refractivity contribution in [2.45, 2.75) is 0 Å². The molecule has 0 amide bonds. The van der Waals surface area contributed by atoms with Crippen molar-refractivity contribution in [1.29, 1.82) is 0 Å². The molecule has 26 heavy (non-hydrogen) atoms. The van der Waals surface area contributed by atoms with E-state index in [4.69, 9.17) is 23.7 Å². The summed E-state index contributed by atoms with van der Waals surface area (Å²) in [6.45, 7) is 4.54. The number of hydrogen-bond acceptors (Lipinski definition) is 5. The van der Waals surface area contributed by atoms with Gasteiger partial charge in [-0.3, -0.25) is 0 Å². The van der Waals surface area contributed by atoms with E-state index in [2.05, 4.69) is 6.58 Å². The normalized spacial score (nSPS) is 10.4. The second-order valence-corrected chi connectivity index (χ2v) is 5.24. The van der Waals surface area contributed by atoms with Crippen molar-refractivity contribution < 1.29 is 23.7 Å². The average Bonchev–Trinajstić information content (AvgIpc) is 2.69. The Balaban J connectivity index is 1.96. The second-order valence-electron chi connectivity index (χ2n) is 5.24. The molecule has 0 fully saturated rings. The van der Waals surface area contributed by atoms with Crippen molar-refractivity contribution in [1.82, 2.24) is 0 Å². The van der Waals surface area contributed by atoms with E-state index >= 15 is 0 Å². The van der Waals surface area contributed by atoms with Gasteiger partial charge < -0.3 is 23.7 Å². The maximum atomic E-state index is 5.70. The molecule has 0 aromatic heterocycles. The molecule has 0 aliphatic rings. The molecule has 0 bridgehead atoms. The Hall–Kier alpha value is -3.08. The van der Waals surface area contributed by atoms with E-state index in [1.165, 1.54) is 0 Å². The largest absolute Gasteiger partial charge is 0.493 e. The first-order valence-corrected chi connectivity index (χ1v) is 8.15. The summed E-state index contributed by atoms with van der Waals surface area (Å²) in [6.07, 6.45) is 5.56. The maximum Gasteiger partial charge on any atom is 0.203 e. The molecule has 2 aromatic rings. The highest BCUT2D eigenvalue weighted by molar-refractivity contribution is 5.62. The van der Waals surface area contributed by atoms with E-state index in [1.54, 1.807) is 27.4 Å². The van der Waals surface area contributed by atoms with Crippen LogP contribution in [0, 0.1) is 0 Å². The van der Waals surface area contributed by atoms with Gasteiger partial charge in [0.05, 0.1) is 21.3 Å². The summed E-state index contributed by atoms with van der Waals surface area (Å²) in [5, 5.41) is 0. The van der Waals surface area contributed by atoms with Crippen molar-refractivity contribution in [3.63, 3.8) is 0 Å². The van der Waals surface area contributed by atoms with E-state index < -0.39 is 0 Å². The molecule has 5 nitrogen and oxygen atoms in total. The smallest absolute Gasteiger partial charge is 0.203 e. The van der Waals surface area contributed by atoms with Crippen LogP contribution in [0.25, 0.3) is 6.08 Å². The lowest BCUT2D eigenvalue weighted by Gasteiger charge is -2.12. The molecule has 0 N–H and O–H groups in total. The highest BCUT2D eigenvalue weighted by Crippen LogP contribution is 2.38. The van der Waals surface area contributed by atoms with Crippen molar-refractivity contribution in [3.05, 3.63) is 60.7 Å². The number of rotatable bonds is 10. The predicted molar refractivity (Wildman–Crippen MR) is 103 cm³/mol. The van der Waals surface area contributed by atoms with Gasteiger partial charge in [0.15, 0.2) is 11.5 Å². The molecular formula is C21H24O5. The molecule has 0 aliphatic heterocycles. The summed E-state index contributed by atoms with van der Waals surface area (Å²) >= 11 is 0. The fourth-order valence-electron chi connectivity index (χ4n) is 2.31. The van der Waals surface area contributed by atoms with Crippen molar-refractivity contribution >= 4 is 6.08 Å². The number of ether oxygens (including phenoxy) is 5. The first-order valence-electron chi connectivity index (χ1n) is 8.15. The van der Waals surface area contributed by atoms with Gasteiger partial charge in [0.1, 0.15) is 24.7 Å². The van der Waals surface area contributed by atoms with Crippen LogP contribution in [0.3, 0.4) is 0 Å². The third kappa shape index (κ3) is 5.21. The van der Waals surface area contributed by atoms with Crippen LogP contribution in [0.4, 0.5) is 0 Å². The molecule has 0 unspecified atom stereocenters. The SMILES string of the molecule is C=CCOc1ccc(OCC=Cc2cc(OC)c(OC)c(OC)c2)cc1. The summed E-state index contributed by atoms with van der Waals surface area (Å²) < 4.78 is 27.1. The maximum absolute atomic E-state index is 5.70. The zero-order valence-corrected chi connectivity index (χ0v) is 15.4. The van der Waals surface area contributed by atoms with Crippen LogP contribution < -0.4 is 23.7 Å². The number of benzene rings is 2. The van der Waals surface area contributed by atoms with Crippen LogP contribution in [0.15, 0.2) is 55.1 Å². The van der Waals surface area contributed by atoms with E-state index in [9.17, 15) is 0 Å². The Labute approximate surface area is 154 Å². The lowest BCUT2D eigenvalue weighted by Crippen LogP contribution is -1.96. The lowest BCUT2D eigenvalue weighted by molar-refractivity contribution is 0.324. The summed E-state index contributed by atoms with van der Waals surface area (Å²) in [7, 11) is 4.77. The van der Waals surface area contributed by atoms with E-state index in [0.29, 0.717) is 30.5 Å². The van der Waals surface area contributed by atoms with Crippen LogP contribution in [0.5, 0.6) is 28.7 Å². The van der Waals surface area contributed by atoms with Gasteiger partial charge in [-0.1, -0.05) is 18.7 Å². The minimum atomic E-state index is 0.434. The Morgan fingerprint density at radius 1 is 0.808 bits per heavy atom. The van der Waals surface area contributed by atoms with Crippen LogP contribution in [0.1, 0.15) is 5.56 Å². The molecule has 0 saturated heterocycles. The molecule has 2 rings (SSSR count). The van der Waals surface area contributed by atoms with Gasteiger partial charge >= 0.3 is 0 Å². The quantitative estimate of drug-likeness (QED) is 0.592. The molecule has 138 valence electrons. The van der Waals surface area contributed by atoms with Crippen molar-refractivity contribution in [2.24, 2.45) is 0 Å². The lowest BCUT2D eigenvalue weighted by atomic mass is 10.1. The van der Waals surface area contributed by atoms with Gasteiger partial charge in [-0.25, -0.2) is 0 Å². The molecule has 0 saturated carbocycles. The van der Waals surface area contributed by atoms with Gasteiger partial charge in [-0.05, 0) is 48.0 Å². The van der Waals surface area contributed by atoms with Crippen LogP contribution in [0.2, 0.25) is 0 Å². The monoisotopic (exact) mass is 356 g/mol. The fourth-order valence-corrected chi connectivity index (χ4v) is 2.31. The average molecular weight is 356 g/mol. The standard InChI is InChI=1S/C21H24O5/c1-5-12-25-17-8-10-18(11-9-17)26-13-6-7-16-14-19(22-2)21(24-4)20(15-16)23-3/h5-11,14-15H,1,12-13H2,2-4H3. The van der Waals surface area contributed by atoms with E-state index in [1.807, 2.05) is 48.6 Å². The Kier molecular flexibility index (Phi) is 7.43. The molecule has 2 aromatic carbocycles. The molecular weight excluding hydrogens is 332 g/mol. The Bertz CT molecular complexity index is 710. The van der Waals surface area contributed by atoms with Crippen molar-refractivity contribution in [2.75, 3.05) is 34.5 Å². The fraction of sp³-hybridized carbons (Fsp3) is 0.238. The van der Waals surface area contributed by atoms with Gasteiger partial charge in [-0.15, -0.1) is 0 Å². The molecule has 0 spiro atoms. The van der Waals surface area contributed by atoms with Crippen LogP contribution in [-0.4, -0.2) is 34.5 Å². The number of hydrogen-bond donors (Lipinski definition) is 0. The van der Waals surface area contributed by atoms with Crippen LogP contribution in [-0.2, 0) is 0 Å². The predicted octanol–water partition coefficient (Wildman–Crippen LogP) is 4.37. The van der Waals surface area contributed by atoms with E-state index in [-0.39, 0.29) is 0 Å². The number of methoxy groups -OCH3 is 3. The molecule has 0 radical (unpaired) electrons. The zero-order chi connectivity index (χ0) is 18.8. The first-order chi connectivity index (χ1) is 12.7. The van der Waals surface area contributed by atoms with Crippen LogP contribution >= 0.6 is 0 Å². The van der Waals surface area contributed by atoms with Gasteiger partial charge in [0.2, 0.25) is 5.75 Å². The molecule has 0 atom stereocenters. The highest BCUT2D eigenvalue weighted by atomic mass is 16.5. The molecule has 0 heterocycles.